The van der Waals surface area contributed by atoms with Crippen LogP contribution in [-0.4, -0.2) is 29.1 Å². The number of amides is 1. The number of hydrogen-bond acceptors (Lipinski definition) is 3. The predicted octanol–water partition coefficient (Wildman–Crippen LogP) is 2.59. The molecule has 2 rings (SSSR count). The molecule has 22 heavy (non-hydrogen) atoms. The number of hydrogen-bond donors (Lipinski definition) is 1. The highest BCUT2D eigenvalue weighted by atomic mass is 16.5. The molecule has 0 bridgehead atoms. The van der Waals surface area contributed by atoms with E-state index >= 15 is 0 Å². The van der Waals surface area contributed by atoms with Crippen LogP contribution < -0.4 is 5.32 Å². The summed E-state index contributed by atoms with van der Waals surface area (Å²) in [4.78, 5) is 24.1. The van der Waals surface area contributed by atoms with Gasteiger partial charge in [-0.25, -0.2) is 4.79 Å². The summed E-state index contributed by atoms with van der Waals surface area (Å²) >= 11 is 0. The van der Waals surface area contributed by atoms with Crippen molar-refractivity contribution < 1.29 is 14.3 Å². The molecule has 0 spiro atoms. The molecule has 1 aromatic rings. The highest BCUT2D eigenvalue weighted by Gasteiger charge is 2.24. The third kappa shape index (κ3) is 3.40. The molecule has 0 unspecified atom stereocenters. The van der Waals surface area contributed by atoms with E-state index in [2.05, 4.69) is 9.88 Å². The predicted molar refractivity (Wildman–Crippen MR) is 85.7 cm³/mol. The van der Waals surface area contributed by atoms with Gasteiger partial charge in [0.25, 0.3) is 0 Å². The number of nitrogens with one attached hydrogen (secondary N) is 1. The molecular formula is C17H24N2O3. The second-order valence-electron chi connectivity index (χ2n) is 5.54. The van der Waals surface area contributed by atoms with Crippen LogP contribution in [0.4, 0.5) is 0 Å². The lowest BCUT2D eigenvalue weighted by Gasteiger charge is -2.05. The second-order valence-corrected chi connectivity index (χ2v) is 5.54. The number of ether oxygens (including phenoxy) is 1. The van der Waals surface area contributed by atoms with Gasteiger partial charge < -0.3 is 14.6 Å². The lowest BCUT2D eigenvalue weighted by Crippen LogP contribution is -2.22. The maximum atomic E-state index is 12.2. The molecule has 0 aromatic carbocycles. The summed E-state index contributed by atoms with van der Waals surface area (Å²) in [6.45, 7) is 8.78. The fourth-order valence-corrected chi connectivity index (χ4v) is 2.68. The Labute approximate surface area is 131 Å². The molecule has 0 aliphatic heterocycles. The monoisotopic (exact) mass is 304 g/mol. The number of carbonyl (C=O) groups excluding carboxylic acids is 2. The number of esters is 1. The maximum Gasteiger partial charge on any atom is 0.340 e. The minimum absolute atomic E-state index is 0.112. The van der Waals surface area contributed by atoms with Crippen molar-refractivity contribution in [1.82, 2.24) is 9.88 Å². The van der Waals surface area contributed by atoms with Crippen LogP contribution in [0.25, 0.3) is 6.08 Å². The first-order valence-corrected chi connectivity index (χ1v) is 7.84. The first-order chi connectivity index (χ1) is 10.5. The van der Waals surface area contributed by atoms with Crippen LogP contribution in [0.3, 0.4) is 0 Å². The second kappa shape index (κ2) is 6.81. The Kier molecular flexibility index (Phi) is 5.06. The molecule has 0 radical (unpaired) electrons. The number of rotatable bonds is 6. The van der Waals surface area contributed by atoms with Gasteiger partial charge in [-0.2, -0.15) is 0 Å². The van der Waals surface area contributed by atoms with E-state index in [0.717, 1.165) is 36.3 Å². The minimum Gasteiger partial charge on any atom is -0.462 e. The number of nitrogens with zero attached hydrogens (tertiary/aromatic N) is 1. The van der Waals surface area contributed by atoms with E-state index in [0.29, 0.717) is 18.2 Å². The average molecular weight is 304 g/mol. The summed E-state index contributed by atoms with van der Waals surface area (Å²) in [5, 5.41) is 2.90. The Bertz CT molecular complexity index is 610. The SMILES string of the molecule is CCOC(=O)c1c(C=CC(=O)NC2CC2)c(C)n(CC)c1C. The van der Waals surface area contributed by atoms with Crippen LogP contribution in [0.5, 0.6) is 0 Å². The molecule has 1 saturated carbocycles. The van der Waals surface area contributed by atoms with Gasteiger partial charge in [-0.05, 0) is 46.6 Å². The van der Waals surface area contributed by atoms with E-state index in [1.807, 2.05) is 20.8 Å². The van der Waals surface area contributed by atoms with Crippen molar-refractivity contribution in [1.29, 1.82) is 0 Å². The highest BCUT2D eigenvalue weighted by Crippen LogP contribution is 2.25. The Morgan fingerprint density at radius 1 is 1.27 bits per heavy atom. The van der Waals surface area contributed by atoms with Crippen molar-refractivity contribution in [2.45, 2.75) is 53.1 Å². The molecule has 1 N–H and O–H groups in total. The molecule has 1 aromatic heterocycles. The third-order valence-corrected chi connectivity index (χ3v) is 3.95. The summed E-state index contributed by atoms with van der Waals surface area (Å²) in [5.74, 6) is -0.448. The van der Waals surface area contributed by atoms with Crippen LogP contribution in [0.2, 0.25) is 0 Å². The molecule has 1 amide bonds. The van der Waals surface area contributed by atoms with Crippen molar-refractivity contribution in [2.24, 2.45) is 0 Å². The molecular weight excluding hydrogens is 280 g/mol. The summed E-state index contributed by atoms with van der Waals surface area (Å²) in [7, 11) is 0. The quantitative estimate of drug-likeness (QED) is 0.649. The van der Waals surface area contributed by atoms with Crippen molar-refractivity contribution in [2.75, 3.05) is 6.61 Å². The Morgan fingerprint density at radius 3 is 2.50 bits per heavy atom. The summed E-state index contributed by atoms with van der Waals surface area (Å²) in [6, 6.07) is 0.324. The van der Waals surface area contributed by atoms with Crippen LogP contribution in [0.1, 0.15) is 54.0 Å². The average Bonchev–Trinajstić information content (AvgIpc) is 3.23. The number of aromatic nitrogens is 1. The van der Waals surface area contributed by atoms with Crippen LogP contribution in [0.15, 0.2) is 6.08 Å². The zero-order valence-electron chi connectivity index (χ0n) is 13.7. The van der Waals surface area contributed by atoms with Crippen LogP contribution in [-0.2, 0) is 16.1 Å². The molecule has 1 aliphatic rings. The third-order valence-electron chi connectivity index (χ3n) is 3.95. The maximum absolute atomic E-state index is 12.2. The normalized spacial score (nSPS) is 14.4. The Morgan fingerprint density at radius 2 is 1.95 bits per heavy atom. The van der Waals surface area contributed by atoms with Gasteiger partial charge >= 0.3 is 5.97 Å². The molecule has 1 aliphatic carbocycles. The molecule has 120 valence electrons. The standard InChI is InChI=1S/C17H24N2O3/c1-5-19-11(3)14(9-10-15(20)18-13-7-8-13)16(12(19)4)17(21)22-6-2/h9-10,13H,5-8H2,1-4H3,(H,18,20). The smallest absolute Gasteiger partial charge is 0.340 e. The van der Waals surface area contributed by atoms with E-state index in [9.17, 15) is 9.59 Å². The fraction of sp³-hybridized carbons (Fsp3) is 0.529. The topological polar surface area (TPSA) is 60.3 Å². The molecule has 0 saturated heterocycles. The van der Waals surface area contributed by atoms with Crippen molar-refractivity contribution in [3.63, 3.8) is 0 Å². The Balaban J connectivity index is 2.32. The lowest BCUT2D eigenvalue weighted by atomic mass is 10.1. The fourth-order valence-electron chi connectivity index (χ4n) is 2.68. The van der Waals surface area contributed by atoms with E-state index in [1.54, 1.807) is 13.0 Å². The molecule has 1 heterocycles. The van der Waals surface area contributed by atoms with Gasteiger partial charge in [-0.15, -0.1) is 0 Å². The summed E-state index contributed by atoms with van der Waals surface area (Å²) < 4.78 is 7.22. The molecule has 5 nitrogen and oxygen atoms in total. The summed E-state index contributed by atoms with van der Waals surface area (Å²) in [5.41, 5.74) is 3.17. The van der Waals surface area contributed by atoms with E-state index < -0.39 is 0 Å². The van der Waals surface area contributed by atoms with Gasteiger partial charge in [0.2, 0.25) is 5.91 Å². The van der Waals surface area contributed by atoms with Gasteiger partial charge in [0.15, 0.2) is 0 Å². The first kappa shape index (κ1) is 16.3. The van der Waals surface area contributed by atoms with Crippen molar-refractivity contribution in [3.8, 4) is 0 Å². The lowest BCUT2D eigenvalue weighted by molar-refractivity contribution is -0.116. The van der Waals surface area contributed by atoms with E-state index in [4.69, 9.17) is 4.74 Å². The zero-order valence-corrected chi connectivity index (χ0v) is 13.7. The van der Waals surface area contributed by atoms with Gasteiger partial charge in [-0.1, -0.05) is 0 Å². The van der Waals surface area contributed by atoms with Crippen molar-refractivity contribution in [3.05, 3.63) is 28.6 Å². The van der Waals surface area contributed by atoms with E-state index in [-0.39, 0.29) is 11.9 Å². The molecule has 0 atom stereocenters. The highest BCUT2D eigenvalue weighted by molar-refractivity contribution is 5.98. The largest absolute Gasteiger partial charge is 0.462 e. The first-order valence-electron chi connectivity index (χ1n) is 7.84. The van der Waals surface area contributed by atoms with Gasteiger partial charge in [0.05, 0.1) is 12.2 Å². The van der Waals surface area contributed by atoms with Crippen LogP contribution in [0, 0.1) is 13.8 Å². The number of carbonyl (C=O) groups is 2. The van der Waals surface area contributed by atoms with E-state index in [1.165, 1.54) is 6.08 Å². The molecule has 5 heteroatoms. The Hall–Kier alpha value is -2.04. The van der Waals surface area contributed by atoms with Crippen molar-refractivity contribution >= 4 is 18.0 Å². The summed E-state index contributed by atoms with van der Waals surface area (Å²) in [6.07, 6.45) is 5.33. The minimum atomic E-state index is -0.336. The molecule has 1 fully saturated rings. The van der Waals surface area contributed by atoms with Gasteiger partial charge in [0.1, 0.15) is 0 Å². The van der Waals surface area contributed by atoms with Crippen LogP contribution >= 0.6 is 0 Å². The van der Waals surface area contributed by atoms with Gasteiger partial charge in [-0.3, -0.25) is 4.79 Å². The van der Waals surface area contributed by atoms with Gasteiger partial charge in [0, 0.05) is 35.6 Å². The zero-order chi connectivity index (χ0) is 16.3.